The molecule has 9 aromatic carbocycles. The van der Waals surface area contributed by atoms with Gasteiger partial charge in [-0.15, -0.1) is 0 Å². The number of nitrogens with zero attached hydrogens (tertiary/aromatic N) is 1. The highest BCUT2D eigenvalue weighted by molar-refractivity contribution is 6.14. The fourth-order valence-corrected chi connectivity index (χ4v) is 7.33. The molecule has 0 atom stereocenters. The van der Waals surface area contributed by atoms with Crippen molar-refractivity contribution >= 4 is 38.6 Å². The Kier molecular flexibility index (Phi) is 7.92. The molecule has 0 spiro atoms. The Bertz CT molecular complexity index is 2590. The van der Waals surface area contributed by atoms with E-state index in [0.717, 1.165) is 17.1 Å². The zero-order chi connectivity index (χ0) is 34.0. The minimum Gasteiger partial charge on any atom is -0.310 e. The first kappa shape index (κ1) is 30.4. The lowest BCUT2D eigenvalue weighted by molar-refractivity contribution is 1.30. The third-order valence-electron chi connectivity index (χ3n) is 9.87. The molecule has 0 aromatic heterocycles. The predicted molar refractivity (Wildman–Crippen MR) is 218 cm³/mol. The minimum atomic E-state index is 1.10. The Morgan fingerprint density at radius 3 is 1.31 bits per heavy atom. The molecule has 0 heterocycles. The summed E-state index contributed by atoms with van der Waals surface area (Å²) in [5, 5.41) is 4.95. The Morgan fingerprint density at radius 1 is 0.255 bits per heavy atom. The summed E-state index contributed by atoms with van der Waals surface area (Å²) in [6.45, 7) is 0. The van der Waals surface area contributed by atoms with Gasteiger partial charge in [-0.2, -0.15) is 0 Å². The standard InChI is InChI=1S/C50H35N/c1-4-14-36(15-5-1)38-24-29-43(30-25-38)51(50-35-42-20-10-11-21-45(42)47-22-12-13-23-48(47)50)44-31-26-40(27-32-44)49-34-41(37-16-6-2-7-17-37)28-33-46(49)39-18-8-3-9-19-39/h1-35H. The van der Waals surface area contributed by atoms with Gasteiger partial charge in [0.15, 0.2) is 0 Å². The Hall–Kier alpha value is -6.70. The fourth-order valence-electron chi connectivity index (χ4n) is 7.33. The van der Waals surface area contributed by atoms with Crippen molar-refractivity contribution in [1.29, 1.82) is 0 Å². The Morgan fingerprint density at radius 2 is 0.686 bits per heavy atom. The average molecular weight is 650 g/mol. The SMILES string of the molecule is c1ccc(-c2ccc(N(c3ccc(-c4cc(-c5ccccc5)ccc4-c4ccccc4)cc3)c3cc4ccccc4c4ccccc34)cc2)cc1. The van der Waals surface area contributed by atoms with E-state index in [2.05, 4.69) is 217 Å². The largest absolute Gasteiger partial charge is 0.310 e. The van der Waals surface area contributed by atoms with E-state index in [1.807, 2.05) is 0 Å². The lowest BCUT2D eigenvalue weighted by Crippen LogP contribution is -2.10. The molecule has 0 aliphatic rings. The van der Waals surface area contributed by atoms with Crippen LogP contribution in [0, 0.1) is 0 Å². The zero-order valence-corrected chi connectivity index (χ0v) is 28.2. The van der Waals surface area contributed by atoms with Crippen LogP contribution >= 0.6 is 0 Å². The quantitative estimate of drug-likeness (QED) is 0.155. The number of benzene rings is 9. The van der Waals surface area contributed by atoms with Gasteiger partial charge < -0.3 is 4.90 Å². The van der Waals surface area contributed by atoms with Gasteiger partial charge >= 0.3 is 0 Å². The van der Waals surface area contributed by atoms with Crippen molar-refractivity contribution in [3.8, 4) is 44.5 Å². The topological polar surface area (TPSA) is 3.24 Å². The predicted octanol–water partition coefficient (Wildman–Crippen LogP) is 14.1. The van der Waals surface area contributed by atoms with Crippen LogP contribution in [0.15, 0.2) is 212 Å². The summed E-state index contributed by atoms with van der Waals surface area (Å²) in [5.41, 5.74) is 13.0. The van der Waals surface area contributed by atoms with Crippen LogP contribution in [0.3, 0.4) is 0 Å². The molecule has 9 rings (SSSR count). The van der Waals surface area contributed by atoms with E-state index in [9.17, 15) is 0 Å². The number of rotatable bonds is 7. The lowest BCUT2D eigenvalue weighted by atomic mass is 9.91. The number of hydrogen-bond donors (Lipinski definition) is 0. The van der Waals surface area contributed by atoms with Crippen LogP contribution in [-0.4, -0.2) is 0 Å². The summed E-state index contributed by atoms with van der Waals surface area (Å²) in [4.78, 5) is 2.41. The number of fused-ring (bicyclic) bond motifs is 3. The van der Waals surface area contributed by atoms with E-state index in [1.54, 1.807) is 0 Å². The van der Waals surface area contributed by atoms with E-state index in [1.165, 1.54) is 66.1 Å². The molecule has 1 heteroatoms. The monoisotopic (exact) mass is 649 g/mol. The van der Waals surface area contributed by atoms with Gasteiger partial charge in [-0.25, -0.2) is 0 Å². The van der Waals surface area contributed by atoms with Crippen LogP contribution in [0.4, 0.5) is 17.1 Å². The zero-order valence-electron chi connectivity index (χ0n) is 28.2. The first-order valence-corrected chi connectivity index (χ1v) is 17.5. The minimum absolute atomic E-state index is 1.10. The van der Waals surface area contributed by atoms with Crippen LogP contribution in [0.25, 0.3) is 66.1 Å². The first-order chi connectivity index (χ1) is 25.3. The fraction of sp³-hybridized carbons (Fsp3) is 0. The van der Waals surface area contributed by atoms with Crippen LogP contribution in [0.1, 0.15) is 0 Å². The molecule has 1 nitrogen and oxygen atoms in total. The van der Waals surface area contributed by atoms with Crippen LogP contribution in [0.2, 0.25) is 0 Å². The summed E-state index contributed by atoms with van der Waals surface area (Å²) in [6, 6.07) is 76.6. The maximum atomic E-state index is 2.41. The lowest BCUT2D eigenvalue weighted by Gasteiger charge is -2.28. The summed E-state index contributed by atoms with van der Waals surface area (Å²) in [7, 11) is 0. The normalized spacial score (nSPS) is 11.1. The second kappa shape index (κ2) is 13.3. The molecule has 0 saturated carbocycles. The first-order valence-electron chi connectivity index (χ1n) is 17.5. The van der Waals surface area contributed by atoms with Crippen LogP contribution in [-0.2, 0) is 0 Å². The van der Waals surface area contributed by atoms with Gasteiger partial charge in [0.2, 0.25) is 0 Å². The van der Waals surface area contributed by atoms with Crippen molar-refractivity contribution in [1.82, 2.24) is 0 Å². The number of hydrogen-bond acceptors (Lipinski definition) is 1. The van der Waals surface area contributed by atoms with Gasteiger partial charge in [0.1, 0.15) is 0 Å². The van der Waals surface area contributed by atoms with Crippen molar-refractivity contribution in [2.75, 3.05) is 4.90 Å². The smallest absolute Gasteiger partial charge is 0.0546 e. The van der Waals surface area contributed by atoms with Gasteiger partial charge in [-0.05, 0) is 97.1 Å². The van der Waals surface area contributed by atoms with E-state index >= 15 is 0 Å². The summed E-state index contributed by atoms with van der Waals surface area (Å²) < 4.78 is 0. The van der Waals surface area contributed by atoms with Gasteiger partial charge in [-0.3, -0.25) is 0 Å². The van der Waals surface area contributed by atoms with Gasteiger partial charge in [0, 0.05) is 16.8 Å². The second-order valence-electron chi connectivity index (χ2n) is 13.0. The molecule has 0 saturated heterocycles. The molecule has 0 N–H and O–H groups in total. The van der Waals surface area contributed by atoms with Crippen LogP contribution < -0.4 is 4.90 Å². The Labute approximate surface area is 299 Å². The van der Waals surface area contributed by atoms with E-state index in [0.29, 0.717) is 0 Å². The Balaban J connectivity index is 1.21. The summed E-state index contributed by atoms with van der Waals surface area (Å²) >= 11 is 0. The van der Waals surface area contributed by atoms with Gasteiger partial charge in [0.05, 0.1) is 5.69 Å². The summed E-state index contributed by atoms with van der Waals surface area (Å²) in [5.74, 6) is 0. The molecule has 0 amide bonds. The highest BCUT2D eigenvalue weighted by Crippen LogP contribution is 2.43. The average Bonchev–Trinajstić information content (AvgIpc) is 3.22. The molecular formula is C50H35N. The van der Waals surface area contributed by atoms with Crippen molar-refractivity contribution in [3.05, 3.63) is 212 Å². The van der Waals surface area contributed by atoms with Crippen molar-refractivity contribution in [2.24, 2.45) is 0 Å². The van der Waals surface area contributed by atoms with E-state index in [-0.39, 0.29) is 0 Å². The van der Waals surface area contributed by atoms with Gasteiger partial charge in [0.25, 0.3) is 0 Å². The highest BCUT2D eigenvalue weighted by atomic mass is 15.1. The van der Waals surface area contributed by atoms with Crippen molar-refractivity contribution in [2.45, 2.75) is 0 Å². The molecule has 240 valence electrons. The molecule has 0 bridgehead atoms. The van der Waals surface area contributed by atoms with Crippen molar-refractivity contribution in [3.63, 3.8) is 0 Å². The van der Waals surface area contributed by atoms with Crippen molar-refractivity contribution < 1.29 is 0 Å². The van der Waals surface area contributed by atoms with E-state index < -0.39 is 0 Å². The third kappa shape index (κ3) is 5.86. The molecule has 0 aliphatic heterocycles. The van der Waals surface area contributed by atoms with E-state index in [4.69, 9.17) is 0 Å². The molecule has 0 aliphatic carbocycles. The molecule has 0 unspecified atom stereocenters. The summed E-state index contributed by atoms with van der Waals surface area (Å²) in [6.07, 6.45) is 0. The highest BCUT2D eigenvalue weighted by Gasteiger charge is 2.18. The maximum Gasteiger partial charge on any atom is 0.0546 e. The second-order valence-corrected chi connectivity index (χ2v) is 13.0. The molecule has 51 heavy (non-hydrogen) atoms. The maximum absolute atomic E-state index is 2.41. The number of anilines is 3. The van der Waals surface area contributed by atoms with Gasteiger partial charge in [-0.1, -0.05) is 176 Å². The van der Waals surface area contributed by atoms with Crippen LogP contribution in [0.5, 0.6) is 0 Å². The third-order valence-corrected chi connectivity index (χ3v) is 9.87. The molecule has 0 radical (unpaired) electrons. The molecule has 0 fully saturated rings. The molecular weight excluding hydrogens is 615 g/mol. The molecule has 9 aromatic rings.